The molecule has 5 rings (SSSR count). The van der Waals surface area contributed by atoms with Crippen molar-refractivity contribution in [2.75, 3.05) is 37.6 Å². The maximum Gasteiger partial charge on any atom is 0.420 e. The Labute approximate surface area is 223 Å². The number of rotatable bonds is 5. The second-order valence-corrected chi connectivity index (χ2v) is 10.7. The number of primary sulfonamides is 1. The lowest BCUT2D eigenvalue weighted by atomic mass is 10.0. The highest BCUT2D eigenvalue weighted by atomic mass is 32.2. The molecule has 202 valence electrons. The molecule has 0 spiro atoms. The summed E-state index contributed by atoms with van der Waals surface area (Å²) in [5.41, 5.74) is 1.51. The van der Waals surface area contributed by atoms with E-state index in [1.165, 1.54) is 10.6 Å². The van der Waals surface area contributed by atoms with Gasteiger partial charge in [-0.1, -0.05) is 30.0 Å². The largest absolute Gasteiger partial charge is 0.420 e. The van der Waals surface area contributed by atoms with E-state index in [1.54, 1.807) is 19.1 Å². The highest BCUT2D eigenvalue weighted by Gasteiger charge is 2.23. The minimum atomic E-state index is -4.32. The topological polar surface area (TPSA) is 115 Å². The van der Waals surface area contributed by atoms with Gasteiger partial charge in [0.05, 0.1) is 18.1 Å². The van der Waals surface area contributed by atoms with Gasteiger partial charge in [-0.05, 0) is 36.8 Å². The Morgan fingerprint density at radius 1 is 1.08 bits per heavy atom. The van der Waals surface area contributed by atoms with Crippen LogP contribution in [0.3, 0.4) is 0 Å². The molecule has 0 unspecified atom stereocenters. The number of piperazine rings is 1. The van der Waals surface area contributed by atoms with Crippen LogP contribution in [0.4, 0.5) is 14.6 Å². The molecule has 2 aromatic carbocycles. The standard InChI is InChI=1S/C27H25F2N5O4S/c1-18(34-22-16-21(28)24(39(30,36)37)17-23(22)38-27(34)35)20-7-2-5-19(15-20)6-4-10-32-11-13-33(14-12-32)26-9-3-8-25(29)31-26/h2-3,5,7-9,15-18H,10-14H2,1H3,(H2,30,36,37)/t18-/m1/s1. The molecule has 1 fully saturated rings. The molecule has 39 heavy (non-hydrogen) atoms. The molecule has 0 radical (unpaired) electrons. The van der Waals surface area contributed by atoms with Gasteiger partial charge >= 0.3 is 5.76 Å². The second kappa shape index (κ2) is 10.6. The molecular weight excluding hydrogens is 528 g/mol. The third kappa shape index (κ3) is 5.70. The molecule has 1 atom stereocenters. The van der Waals surface area contributed by atoms with Crippen LogP contribution in [0.1, 0.15) is 24.1 Å². The molecule has 3 heterocycles. The zero-order chi connectivity index (χ0) is 27.7. The number of nitrogens with two attached hydrogens (primary N) is 1. The van der Waals surface area contributed by atoms with Crippen molar-refractivity contribution < 1.29 is 21.6 Å². The Bertz CT molecular complexity index is 1770. The van der Waals surface area contributed by atoms with Gasteiger partial charge in [0.2, 0.25) is 16.0 Å². The molecule has 1 saturated heterocycles. The van der Waals surface area contributed by atoms with E-state index >= 15 is 0 Å². The highest BCUT2D eigenvalue weighted by molar-refractivity contribution is 7.89. The van der Waals surface area contributed by atoms with Crippen molar-refractivity contribution >= 4 is 26.9 Å². The number of benzene rings is 2. The molecule has 12 heteroatoms. The van der Waals surface area contributed by atoms with Crippen molar-refractivity contribution in [3.8, 4) is 11.8 Å². The summed E-state index contributed by atoms with van der Waals surface area (Å²) in [6.45, 7) is 5.28. The molecule has 1 aliphatic rings. The maximum atomic E-state index is 14.5. The fourth-order valence-corrected chi connectivity index (χ4v) is 5.21. The summed E-state index contributed by atoms with van der Waals surface area (Å²) in [5.74, 6) is 4.64. The minimum absolute atomic E-state index is 0.0819. The molecule has 2 N–H and O–H groups in total. The third-order valence-corrected chi connectivity index (χ3v) is 7.59. The van der Waals surface area contributed by atoms with Crippen LogP contribution in [0.25, 0.3) is 11.1 Å². The first-order valence-electron chi connectivity index (χ1n) is 12.2. The van der Waals surface area contributed by atoms with Crippen molar-refractivity contribution in [2.24, 2.45) is 5.14 Å². The van der Waals surface area contributed by atoms with Gasteiger partial charge in [0, 0.05) is 43.9 Å². The zero-order valence-electron chi connectivity index (χ0n) is 21.0. The molecule has 0 bridgehead atoms. The van der Waals surface area contributed by atoms with Gasteiger partial charge in [0.25, 0.3) is 0 Å². The second-order valence-electron chi connectivity index (χ2n) is 9.22. The van der Waals surface area contributed by atoms with Gasteiger partial charge in [-0.2, -0.15) is 4.39 Å². The first-order valence-corrected chi connectivity index (χ1v) is 13.7. The van der Waals surface area contributed by atoms with E-state index in [4.69, 9.17) is 9.56 Å². The quantitative estimate of drug-likeness (QED) is 0.299. The van der Waals surface area contributed by atoms with Crippen molar-refractivity contribution in [1.82, 2.24) is 14.5 Å². The van der Waals surface area contributed by atoms with Gasteiger partial charge in [-0.15, -0.1) is 0 Å². The number of fused-ring (bicyclic) bond motifs is 1. The summed E-state index contributed by atoms with van der Waals surface area (Å²) < 4.78 is 57.6. The van der Waals surface area contributed by atoms with Crippen LogP contribution in [-0.4, -0.2) is 55.6 Å². The normalized spacial score (nSPS) is 15.2. The first kappa shape index (κ1) is 26.6. The maximum absolute atomic E-state index is 14.5. The minimum Gasteiger partial charge on any atom is -0.408 e. The van der Waals surface area contributed by atoms with Gasteiger partial charge < -0.3 is 9.32 Å². The molecule has 9 nitrogen and oxygen atoms in total. The lowest BCUT2D eigenvalue weighted by molar-refractivity contribution is 0.287. The van der Waals surface area contributed by atoms with Crippen LogP contribution < -0.4 is 15.8 Å². The van der Waals surface area contributed by atoms with Gasteiger partial charge in [0.15, 0.2) is 5.58 Å². The fraction of sp³-hybridized carbons (Fsp3) is 0.259. The Balaban J connectivity index is 1.29. The summed E-state index contributed by atoms with van der Waals surface area (Å²) in [5, 5.41) is 5.06. The lowest BCUT2D eigenvalue weighted by Crippen LogP contribution is -2.46. The summed E-state index contributed by atoms with van der Waals surface area (Å²) in [7, 11) is -4.32. The van der Waals surface area contributed by atoms with E-state index in [0.717, 1.165) is 49.4 Å². The number of halogens is 2. The van der Waals surface area contributed by atoms with E-state index in [-0.39, 0.29) is 11.1 Å². The number of aromatic nitrogens is 2. The number of nitrogens with zero attached hydrogens (tertiary/aromatic N) is 4. The number of anilines is 1. The van der Waals surface area contributed by atoms with Crippen LogP contribution in [0.5, 0.6) is 0 Å². The summed E-state index contributed by atoms with van der Waals surface area (Å²) in [6.07, 6.45) is 0. The van der Waals surface area contributed by atoms with Gasteiger partial charge in [0.1, 0.15) is 16.5 Å². The van der Waals surface area contributed by atoms with Crippen molar-refractivity contribution in [3.63, 3.8) is 0 Å². The van der Waals surface area contributed by atoms with Gasteiger partial charge in [-0.3, -0.25) is 9.47 Å². The number of hydrogen-bond donors (Lipinski definition) is 1. The smallest absolute Gasteiger partial charge is 0.408 e. The van der Waals surface area contributed by atoms with Gasteiger partial charge in [-0.25, -0.2) is 27.7 Å². The van der Waals surface area contributed by atoms with Crippen molar-refractivity contribution in [2.45, 2.75) is 17.9 Å². The van der Waals surface area contributed by atoms with E-state index in [1.807, 2.05) is 29.2 Å². The van der Waals surface area contributed by atoms with E-state index < -0.39 is 38.5 Å². The molecule has 0 aliphatic carbocycles. The first-order chi connectivity index (χ1) is 18.6. The average molecular weight is 554 g/mol. The zero-order valence-corrected chi connectivity index (χ0v) is 21.8. The van der Waals surface area contributed by atoms with Crippen LogP contribution in [0.15, 0.2) is 68.7 Å². The van der Waals surface area contributed by atoms with Crippen molar-refractivity contribution in [1.29, 1.82) is 0 Å². The Hall–Kier alpha value is -4.05. The number of pyridine rings is 1. The van der Waals surface area contributed by atoms with Crippen LogP contribution in [-0.2, 0) is 10.0 Å². The van der Waals surface area contributed by atoms with Crippen LogP contribution in [0, 0.1) is 23.6 Å². The predicted octanol–water partition coefficient (Wildman–Crippen LogP) is 2.70. The molecule has 2 aromatic heterocycles. The average Bonchev–Trinajstić information content (AvgIpc) is 3.22. The number of oxazole rings is 1. The molecule has 0 saturated carbocycles. The number of hydrogen-bond acceptors (Lipinski definition) is 7. The Kier molecular flexibility index (Phi) is 7.22. The van der Waals surface area contributed by atoms with E-state index in [9.17, 15) is 22.0 Å². The molecular formula is C27H25F2N5O4S. The Morgan fingerprint density at radius 2 is 1.82 bits per heavy atom. The predicted molar refractivity (Wildman–Crippen MR) is 142 cm³/mol. The molecule has 4 aromatic rings. The number of sulfonamides is 1. The van der Waals surface area contributed by atoms with E-state index in [2.05, 4.69) is 21.7 Å². The Morgan fingerprint density at radius 3 is 2.54 bits per heavy atom. The molecule has 1 aliphatic heterocycles. The summed E-state index contributed by atoms with van der Waals surface area (Å²) in [6, 6.07) is 13.4. The molecule has 0 amide bonds. The SMILES string of the molecule is C[C@H](c1cccc(C#CCN2CCN(c3cccc(F)n3)CC2)c1)n1c(=O)oc2cc(S(N)(=O)=O)c(F)cc21. The van der Waals surface area contributed by atoms with Crippen molar-refractivity contribution in [3.05, 3.63) is 88.0 Å². The van der Waals surface area contributed by atoms with E-state index in [0.29, 0.717) is 12.4 Å². The summed E-state index contributed by atoms with van der Waals surface area (Å²) in [4.78, 5) is 20.1. The highest BCUT2D eigenvalue weighted by Crippen LogP contribution is 2.26. The third-order valence-electron chi connectivity index (χ3n) is 6.66. The monoisotopic (exact) mass is 553 g/mol. The lowest BCUT2D eigenvalue weighted by Gasteiger charge is -2.34. The van der Waals surface area contributed by atoms with Crippen LogP contribution in [0.2, 0.25) is 0 Å². The van der Waals surface area contributed by atoms with Crippen LogP contribution >= 0.6 is 0 Å². The fourth-order valence-electron chi connectivity index (χ4n) is 4.61. The summed E-state index contributed by atoms with van der Waals surface area (Å²) >= 11 is 0.